The number of amides is 1. The summed E-state index contributed by atoms with van der Waals surface area (Å²) in [4.78, 5) is 25.8. The molecule has 2 aromatic carbocycles. The summed E-state index contributed by atoms with van der Waals surface area (Å²) in [6.45, 7) is 0.767. The minimum atomic E-state index is 0.132. The highest BCUT2D eigenvalue weighted by atomic mass is 16.2. The Bertz CT molecular complexity index is 1580. The highest BCUT2D eigenvalue weighted by Gasteiger charge is 2.43. The van der Waals surface area contributed by atoms with E-state index in [0.717, 1.165) is 72.3 Å². The largest absolute Gasteiger partial charge is 0.382 e. The normalized spacial score (nSPS) is 23.1. The van der Waals surface area contributed by atoms with Crippen molar-refractivity contribution in [2.75, 3.05) is 12.3 Å². The third-order valence-corrected chi connectivity index (χ3v) is 8.53. The first kappa shape index (κ1) is 23.0. The number of hydrogen-bond donors (Lipinski definition) is 3. The molecule has 1 amide bonds. The van der Waals surface area contributed by atoms with Crippen LogP contribution >= 0.6 is 0 Å². The van der Waals surface area contributed by atoms with E-state index in [0.29, 0.717) is 23.6 Å². The lowest BCUT2D eigenvalue weighted by Crippen LogP contribution is -2.32. The van der Waals surface area contributed by atoms with Crippen LogP contribution in [0.3, 0.4) is 0 Å². The van der Waals surface area contributed by atoms with E-state index >= 15 is 0 Å². The molecule has 4 N–H and O–H groups in total. The Morgan fingerprint density at radius 3 is 2.66 bits per heavy atom. The van der Waals surface area contributed by atoms with Gasteiger partial charge >= 0.3 is 0 Å². The van der Waals surface area contributed by atoms with Gasteiger partial charge in [-0.3, -0.25) is 9.20 Å². The average Bonchev–Trinajstić information content (AvgIpc) is 3.49. The minimum Gasteiger partial charge on any atom is -0.382 e. The molecule has 2 atom stereocenters. The number of carbonyl (C=O) groups is 1. The van der Waals surface area contributed by atoms with Gasteiger partial charge in [-0.15, -0.1) is 0 Å². The first-order chi connectivity index (χ1) is 18.7. The summed E-state index contributed by atoms with van der Waals surface area (Å²) in [7, 11) is 0. The van der Waals surface area contributed by atoms with Gasteiger partial charge in [0, 0.05) is 41.7 Å². The second-order valence-electron chi connectivity index (χ2n) is 10.9. The Balaban J connectivity index is 1.03. The Hall–Kier alpha value is -4.13. The van der Waals surface area contributed by atoms with Gasteiger partial charge in [-0.05, 0) is 61.6 Å². The number of hydrogen-bond acceptors (Lipinski definition) is 4. The third-order valence-electron chi connectivity index (χ3n) is 8.53. The Morgan fingerprint density at radius 2 is 1.84 bits per heavy atom. The van der Waals surface area contributed by atoms with E-state index in [1.165, 1.54) is 5.56 Å². The molecule has 2 fully saturated rings. The molecule has 192 valence electrons. The molecule has 2 aliphatic carbocycles. The zero-order valence-corrected chi connectivity index (χ0v) is 21.3. The predicted molar refractivity (Wildman–Crippen MR) is 150 cm³/mol. The summed E-state index contributed by atoms with van der Waals surface area (Å²) in [6.07, 6.45) is 8.94. The molecule has 2 saturated carbocycles. The summed E-state index contributed by atoms with van der Waals surface area (Å²) in [5, 5.41) is 4.40. The fourth-order valence-electron chi connectivity index (χ4n) is 6.32. The van der Waals surface area contributed by atoms with E-state index in [1.807, 2.05) is 24.4 Å². The minimum absolute atomic E-state index is 0.132. The van der Waals surface area contributed by atoms with E-state index in [9.17, 15) is 4.79 Å². The number of nitrogens with one attached hydrogen (secondary N) is 2. The van der Waals surface area contributed by atoms with Crippen molar-refractivity contribution in [2.24, 2.45) is 11.8 Å². The van der Waals surface area contributed by atoms with Crippen molar-refractivity contribution in [1.29, 1.82) is 0 Å². The summed E-state index contributed by atoms with van der Waals surface area (Å²) in [5.41, 5.74) is 11.4. The summed E-state index contributed by atoms with van der Waals surface area (Å²) >= 11 is 0. The molecule has 0 unspecified atom stereocenters. The number of nitrogen functional groups attached to an aromatic ring is 1. The van der Waals surface area contributed by atoms with E-state index in [2.05, 4.69) is 62.2 Å². The number of aromatic amines is 1. The van der Waals surface area contributed by atoms with Crippen molar-refractivity contribution in [3.63, 3.8) is 0 Å². The highest BCUT2D eigenvalue weighted by molar-refractivity contribution is 5.91. The summed E-state index contributed by atoms with van der Waals surface area (Å²) in [5.74, 6) is 3.13. The van der Waals surface area contributed by atoms with Crippen LogP contribution in [0.4, 0.5) is 5.82 Å². The first-order valence-corrected chi connectivity index (χ1v) is 13.7. The molecule has 3 heterocycles. The van der Waals surface area contributed by atoms with Crippen molar-refractivity contribution in [3.8, 4) is 11.4 Å². The van der Waals surface area contributed by atoms with Crippen LogP contribution in [-0.4, -0.2) is 31.8 Å². The molecule has 5 aromatic rings. The van der Waals surface area contributed by atoms with Gasteiger partial charge in [-0.2, -0.15) is 0 Å². The third kappa shape index (κ3) is 4.12. The summed E-state index contributed by atoms with van der Waals surface area (Å²) < 4.78 is 2.13. The van der Waals surface area contributed by atoms with E-state index < -0.39 is 0 Å². The lowest BCUT2D eigenvalue weighted by Gasteiger charge is -2.28. The zero-order valence-electron chi connectivity index (χ0n) is 21.3. The molecule has 7 nitrogen and oxygen atoms in total. The lowest BCUT2D eigenvalue weighted by atomic mass is 9.81. The topological polar surface area (TPSA) is 101 Å². The van der Waals surface area contributed by atoms with Crippen molar-refractivity contribution in [2.45, 2.75) is 43.9 Å². The molecule has 2 aliphatic rings. The molecule has 0 bridgehead atoms. The standard InChI is InChI=1S/C31H32N6O/c32-29-28-27(26-16-22-8-4-5-9-25(22)35-26)36-30(37(28)15-14-33-29)21-12-10-19(11-13-21)18-34-31(38)24-17-23(24)20-6-2-1-3-7-20/h1-9,14-16,19,21,23-24,35H,10-13,17-18H2,(H2,32,33)(H,34,38)/t19?,21?,23-,24+/m0/s1. The Labute approximate surface area is 221 Å². The van der Waals surface area contributed by atoms with Gasteiger partial charge in [0.15, 0.2) is 0 Å². The van der Waals surface area contributed by atoms with Gasteiger partial charge in [-0.25, -0.2) is 9.97 Å². The molecule has 3 aromatic heterocycles. The number of anilines is 1. The molecule has 0 radical (unpaired) electrons. The van der Waals surface area contributed by atoms with Gasteiger partial charge in [0.25, 0.3) is 0 Å². The number of fused-ring (bicyclic) bond motifs is 2. The molecular formula is C31H32N6O. The molecule has 0 saturated heterocycles. The number of aromatic nitrogens is 4. The molecular weight excluding hydrogens is 472 g/mol. The lowest BCUT2D eigenvalue weighted by molar-refractivity contribution is -0.122. The Kier molecular flexibility index (Phi) is 5.64. The van der Waals surface area contributed by atoms with Crippen LogP contribution in [0.25, 0.3) is 27.8 Å². The number of H-pyrrole nitrogens is 1. The van der Waals surface area contributed by atoms with Crippen LogP contribution in [0.1, 0.15) is 55.3 Å². The molecule has 7 heteroatoms. The molecule has 0 spiro atoms. The number of nitrogens with zero attached hydrogens (tertiary/aromatic N) is 3. The zero-order chi connectivity index (χ0) is 25.6. The van der Waals surface area contributed by atoms with Crippen LogP contribution in [0.15, 0.2) is 73.1 Å². The van der Waals surface area contributed by atoms with Crippen LogP contribution in [-0.2, 0) is 4.79 Å². The van der Waals surface area contributed by atoms with Gasteiger partial charge in [0.05, 0.1) is 5.69 Å². The van der Waals surface area contributed by atoms with Crippen LogP contribution in [0, 0.1) is 11.8 Å². The predicted octanol–water partition coefficient (Wildman–Crippen LogP) is 5.65. The van der Waals surface area contributed by atoms with E-state index in [4.69, 9.17) is 10.7 Å². The fraction of sp³-hybridized carbons (Fsp3) is 0.323. The second kappa shape index (κ2) is 9.31. The number of benzene rings is 2. The monoisotopic (exact) mass is 504 g/mol. The van der Waals surface area contributed by atoms with Crippen LogP contribution in [0.2, 0.25) is 0 Å². The van der Waals surface area contributed by atoms with Crippen molar-refractivity contribution >= 4 is 28.1 Å². The average molecular weight is 505 g/mol. The maximum atomic E-state index is 12.8. The second-order valence-corrected chi connectivity index (χ2v) is 10.9. The van der Waals surface area contributed by atoms with Crippen molar-refractivity contribution in [3.05, 3.63) is 84.4 Å². The van der Waals surface area contributed by atoms with Gasteiger partial charge in [0.2, 0.25) is 5.91 Å². The van der Waals surface area contributed by atoms with Gasteiger partial charge in [-0.1, -0.05) is 48.5 Å². The van der Waals surface area contributed by atoms with Crippen LogP contribution in [0.5, 0.6) is 0 Å². The maximum Gasteiger partial charge on any atom is 0.223 e. The summed E-state index contributed by atoms with van der Waals surface area (Å²) in [6, 6.07) is 20.8. The van der Waals surface area contributed by atoms with E-state index in [-0.39, 0.29) is 11.8 Å². The van der Waals surface area contributed by atoms with Gasteiger partial charge in [0.1, 0.15) is 22.9 Å². The quantitative estimate of drug-likeness (QED) is 0.278. The van der Waals surface area contributed by atoms with Crippen LogP contribution < -0.4 is 11.1 Å². The molecule has 7 rings (SSSR count). The van der Waals surface area contributed by atoms with Crippen molar-refractivity contribution in [1.82, 2.24) is 24.7 Å². The fourth-order valence-corrected chi connectivity index (χ4v) is 6.32. The number of carbonyl (C=O) groups excluding carboxylic acids is 1. The SMILES string of the molecule is Nc1nccn2c(C3CCC(CNC(=O)[C@@H]4C[C@H]4c4ccccc4)CC3)nc(-c3cc4ccccc4[nH]3)c12. The molecule has 38 heavy (non-hydrogen) atoms. The maximum absolute atomic E-state index is 12.8. The smallest absolute Gasteiger partial charge is 0.223 e. The number of imidazole rings is 1. The first-order valence-electron chi connectivity index (χ1n) is 13.7. The van der Waals surface area contributed by atoms with Gasteiger partial charge < -0.3 is 16.0 Å². The number of rotatable bonds is 6. The Morgan fingerprint density at radius 1 is 1.05 bits per heavy atom. The number of para-hydroxylation sites is 1. The van der Waals surface area contributed by atoms with E-state index in [1.54, 1.807) is 6.20 Å². The van der Waals surface area contributed by atoms with Crippen molar-refractivity contribution < 1.29 is 4.79 Å². The molecule has 0 aliphatic heterocycles. The highest BCUT2D eigenvalue weighted by Crippen LogP contribution is 2.47. The number of nitrogens with two attached hydrogens (primary N) is 1.